The minimum absolute atomic E-state index is 0.261. The SMILES string of the molecule is Cc1ccncc1/C=C/C(=O)Nc1ccn(-c2ccccc2Cl)n1. The van der Waals surface area contributed by atoms with Crippen molar-refractivity contribution in [2.24, 2.45) is 0 Å². The molecule has 5 nitrogen and oxygen atoms in total. The second kappa shape index (κ2) is 7.10. The van der Waals surface area contributed by atoms with Crippen LogP contribution in [0.25, 0.3) is 11.8 Å². The van der Waals surface area contributed by atoms with Crippen LogP contribution in [0.15, 0.2) is 61.1 Å². The summed E-state index contributed by atoms with van der Waals surface area (Å²) in [6, 6.07) is 11.0. The normalized spacial score (nSPS) is 10.9. The maximum absolute atomic E-state index is 12.0. The van der Waals surface area contributed by atoms with Gasteiger partial charge in [0.25, 0.3) is 0 Å². The van der Waals surface area contributed by atoms with Crippen molar-refractivity contribution in [3.63, 3.8) is 0 Å². The van der Waals surface area contributed by atoms with Gasteiger partial charge in [0.2, 0.25) is 5.91 Å². The molecule has 2 aromatic heterocycles. The number of para-hydroxylation sites is 1. The van der Waals surface area contributed by atoms with Crippen molar-refractivity contribution in [3.8, 4) is 5.69 Å². The number of nitrogens with one attached hydrogen (secondary N) is 1. The van der Waals surface area contributed by atoms with E-state index in [0.717, 1.165) is 16.8 Å². The molecular formula is C18H15ClN4O. The van der Waals surface area contributed by atoms with E-state index in [1.54, 1.807) is 41.5 Å². The number of carbonyl (C=O) groups excluding carboxylic acids is 1. The summed E-state index contributed by atoms with van der Waals surface area (Å²) in [5.74, 6) is 0.190. The zero-order valence-corrected chi connectivity index (χ0v) is 13.7. The highest BCUT2D eigenvalue weighted by atomic mass is 35.5. The highest BCUT2D eigenvalue weighted by Gasteiger charge is 2.06. The minimum Gasteiger partial charge on any atom is -0.306 e. The average molecular weight is 339 g/mol. The molecule has 0 radical (unpaired) electrons. The van der Waals surface area contributed by atoms with E-state index in [4.69, 9.17) is 11.6 Å². The maximum Gasteiger partial charge on any atom is 0.249 e. The van der Waals surface area contributed by atoms with Crippen LogP contribution in [0.2, 0.25) is 5.02 Å². The topological polar surface area (TPSA) is 59.8 Å². The molecule has 24 heavy (non-hydrogen) atoms. The summed E-state index contributed by atoms with van der Waals surface area (Å²) >= 11 is 6.14. The Morgan fingerprint density at radius 3 is 2.88 bits per heavy atom. The zero-order chi connectivity index (χ0) is 16.9. The summed E-state index contributed by atoms with van der Waals surface area (Å²) in [4.78, 5) is 16.1. The second-order valence-electron chi connectivity index (χ2n) is 5.15. The molecule has 0 aliphatic rings. The molecule has 120 valence electrons. The van der Waals surface area contributed by atoms with E-state index in [2.05, 4.69) is 15.4 Å². The van der Waals surface area contributed by atoms with Gasteiger partial charge in [-0.2, -0.15) is 0 Å². The fourth-order valence-electron chi connectivity index (χ4n) is 2.15. The summed E-state index contributed by atoms with van der Waals surface area (Å²) < 4.78 is 1.62. The molecule has 1 aromatic carbocycles. The highest BCUT2D eigenvalue weighted by molar-refractivity contribution is 6.32. The van der Waals surface area contributed by atoms with Crippen LogP contribution < -0.4 is 5.32 Å². The summed E-state index contributed by atoms with van der Waals surface area (Å²) in [5.41, 5.74) is 2.70. The Kier molecular flexibility index (Phi) is 4.72. The number of anilines is 1. The third-order valence-corrected chi connectivity index (χ3v) is 3.75. The van der Waals surface area contributed by atoms with Crippen molar-refractivity contribution in [3.05, 3.63) is 77.2 Å². The minimum atomic E-state index is -0.261. The lowest BCUT2D eigenvalue weighted by Gasteiger charge is -2.03. The first-order valence-electron chi connectivity index (χ1n) is 7.34. The number of amides is 1. The molecule has 3 rings (SSSR count). The predicted octanol–water partition coefficient (Wildman–Crippen LogP) is 3.88. The van der Waals surface area contributed by atoms with Gasteiger partial charge in [0.05, 0.1) is 10.7 Å². The van der Waals surface area contributed by atoms with Gasteiger partial charge in [0, 0.05) is 30.7 Å². The first kappa shape index (κ1) is 16.0. The fraction of sp³-hybridized carbons (Fsp3) is 0.0556. The molecule has 3 aromatic rings. The summed E-state index contributed by atoms with van der Waals surface area (Å²) in [7, 11) is 0. The number of halogens is 1. The number of rotatable bonds is 4. The lowest BCUT2D eigenvalue weighted by molar-refractivity contribution is -0.111. The van der Waals surface area contributed by atoms with Crippen LogP contribution in [0.5, 0.6) is 0 Å². The number of aromatic nitrogens is 3. The van der Waals surface area contributed by atoms with Gasteiger partial charge in [0.1, 0.15) is 0 Å². The van der Waals surface area contributed by atoms with Crippen LogP contribution in [-0.4, -0.2) is 20.7 Å². The van der Waals surface area contributed by atoms with E-state index in [9.17, 15) is 4.79 Å². The molecule has 0 saturated heterocycles. The number of pyridine rings is 1. The van der Waals surface area contributed by atoms with E-state index in [-0.39, 0.29) is 5.91 Å². The lowest BCUT2D eigenvalue weighted by atomic mass is 10.1. The Morgan fingerprint density at radius 2 is 2.08 bits per heavy atom. The summed E-state index contributed by atoms with van der Waals surface area (Å²) in [6.07, 6.45) is 8.35. The number of nitrogens with zero attached hydrogens (tertiary/aromatic N) is 3. The van der Waals surface area contributed by atoms with E-state index < -0.39 is 0 Å². The number of hydrogen-bond donors (Lipinski definition) is 1. The Labute approximate surface area is 144 Å². The first-order chi connectivity index (χ1) is 11.6. The van der Waals surface area contributed by atoms with Crippen LogP contribution in [0.3, 0.4) is 0 Å². The van der Waals surface area contributed by atoms with E-state index in [1.807, 2.05) is 31.2 Å². The molecule has 0 unspecified atom stereocenters. The van der Waals surface area contributed by atoms with Crippen LogP contribution in [0, 0.1) is 6.92 Å². The van der Waals surface area contributed by atoms with Gasteiger partial charge in [-0.15, -0.1) is 5.10 Å². The standard InChI is InChI=1S/C18H15ClN4O/c1-13-8-10-20-12-14(13)6-7-18(24)21-17-9-11-23(22-17)16-5-3-2-4-15(16)19/h2-12H,1H3,(H,21,22,24)/b7-6+. The number of hydrogen-bond acceptors (Lipinski definition) is 3. The fourth-order valence-corrected chi connectivity index (χ4v) is 2.37. The van der Waals surface area contributed by atoms with Gasteiger partial charge < -0.3 is 5.32 Å². The number of carbonyl (C=O) groups is 1. The molecule has 0 aliphatic heterocycles. The predicted molar refractivity (Wildman–Crippen MR) is 95.2 cm³/mol. The summed E-state index contributed by atoms with van der Waals surface area (Å²) in [6.45, 7) is 1.96. The van der Waals surface area contributed by atoms with Crippen LogP contribution >= 0.6 is 11.6 Å². The van der Waals surface area contributed by atoms with Gasteiger partial charge in [-0.25, -0.2) is 4.68 Å². The number of benzene rings is 1. The third kappa shape index (κ3) is 3.70. The molecule has 2 heterocycles. The van der Waals surface area contributed by atoms with Crippen LogP contribution in [0.1, 0.15) is 11.1 Å². The van der Waals surface area contributed by atoms with Crippen molar-refractivity contribution in [1.82, 2.24) is 14.8 Å². The zero-order valence-electron chi connectivity index (χ0n) is 13.0. The quantitative estimate of drug-likeness (QED) is 0.734. The van der Waals surface area contributed by atoms with Crippen LogP contribution in [-0.2, 0) is 4.79 Å². The van der Waals surface area contributed by atoms with E-state index in [0.29, 0.717) is 10.8 Å². The smallest absolute Gasteiger partial charge is 0.249 e. The van der Waals surface area contributed by atoms with Crippen molar-refractivity contribution in [2.75, 3.05) is 5.32 Å². The average Bonchev–Trinajstić information content (AvgIpc) is 3.03. The van der Waals surface area contributed by atoms with Crippen LogP contribution in [0.4, 0.5) is 5.82 Å². The third-order valence-electron chi connectivity index (χ3n) is 3.43. The molecule has 0 fully saturated rings. The molecular weight excluding hydrogens is 324 g/mol. The van der Waals surface area contributed by atoms with E-state index >= 15 is 0 Å². The number of aryl methyl sites for hydroxylation is 1. The van der Waals surface area contributed by atoms with Gasteiger partial charge in [-0.3, -0.25) is 9.78 Å². The molecule has 1 amide bonds. The van der Waals surface area contributed by atoms with Gasteiger partial charge >= 0.3 is 0 Å². The summed E-state index contributed by atoms with van der Waals surface area (Å²) in [5, 5.41) is 7.62. The molecule has 0 bridgehead atoms. The highest BCUT2D eigenvalue weighted by Crippen LogP contribution is 2.20. The molecule has 0 aliphatic carbocycles. The Morgan fingerprint density at radius 1 is 1.25 bits per heavy atom. The van der Waals surface area contributed by atoms with Gasteiger partial charge in [-0.1, -0.05) is 23.7 Å². The Hall–Kier alpha value is -2.92. The van der Waals surface area contributed by atoms with E-state index in [1.165, 1.54) is 6.08 Å². The Bertz CT molecular complexity index is 901. The van der Waals surface area contributed by atoms with Crippen molar-refractivity contribution in [1.29, 1.82) is 0 Å². The lowest BCUT2D eigenvalue weighted by Crippen LogP contribution is -2.09. The van der Waals surface area contributed by atoms with Gasteiger partial charge in [-0.05, 0) is 42.3 Å². The molecule has 1 N–H and O–H groups in total. The van der Waals surface area contributed by atoms with Gasteiger partial charge in [0.15, 0.2) is 5.82 Å². The monoisotopic (exact) mass is 338 g/mol. The largest absolute Gasteiger partial charge is 0.306 e. The van der Waals surface area contributed by atoms with Crippen molar-refractivity contribution < 1.29 is 4.79 Å². The van der Waals surface area contributed by atoms with Crippen molar-refractivity contribution in [2.45, 2.75) is 6.92 Å². The first-order valence-corrected chi connectivity index (χ1v) is 7.71. The molecule has 6 heteroatoms. The maximum atomic E-state index is 12.0. The Balaban J connectivity index is 1.70. The molecule has 0 spiro atoms. The molecule has 0 saturated carbocycles. The molecule has 0 atom stereocenters. The second-order valence-corrected chi connectivity index (χ2v) is 5.56. The van der Waals surface area contributed by atoms with Crippen molar-refractivity contribution >= 4 is 29.4 Å².